The molecule has 1 aliphatic heterocycles. The normalized spacial score (nSPS) is 21.9. The quantitative estimate of drug-likeness (QED) is 0.619. The highest BCUT2D eigenvalue weighted by Crippen LogP contribution is 2.38. The van der Waals surface area contributed by atoms with Crippen LogP contribution in [0, 0.1) is 5.92 Å². The van der Waals surface area contributed by atoms with Crippen molar-refractivity contribution in [3.63, 3.8) is 0 Å². The maximum Gasteiger partial charge on any atom is 0.313 e. The number of esters is 1. The van der Waals surface area contributed by atoms with E-state index in [4.69, 9.17) is 9.47 Å². The lowest BCUT2D eigenvalue weighted by molar-refractivity contribution is -0.145. The van der Waals surface area contributed by atoms with Gasteiger partial charge in [-0.2, -0.15) is 0 Å². The van der Waals surface area contributed by atoms with E-state index in [0.717, 1.165) is 31.4 Å². The van der Waals surface area contributed by atoms with Crippen LogP contribution >= 0.6 is 15.9 Å². The fourth-order valence-corrected chi connectivity index (χ4v) is 6.01. The molecule has 3 rings (SSSR count). The fourth-order valence-electron chi connectivity index (χ4n) is 3.24. The molecule has 2 unspecified atom stereocenters. The third-order valence-electron chi connectivity index (χ3n) is 4.79. The molecule has 0 spiro atoms. The van der Waals surface area contributed by atoms with Crippen LogP contribution in [-0.2, 0) is 24.1 Å². The molecule has 2 atom stereocenters. The van der Waals surface area contributed by atoms with Crippen molar-refractivity contribution < 1.29 is 22.7 Å². The second kappa shape index (κ2) is 7.76. The molecule has 2 aliphatic rings. The number of rotatable bonds is 7. The summed E-state index contributed by atoms with van der Waals surface area (Å²) in [5, 5.41) is -0.258. The molecule has 1 aromatic rings. The Labute approximate surface area is 157 Å². The average molecular weight is 431 g/mol. The lowest BCUT2D eigenvalue weighted by Crippen LogP contribution is -2.20. The predicted octanol–water partition coefficient (Wildman–Crippen LogP) is 3.46. The Bertz CT molecular complexity index is 736. The van der Waals surface area contributed by atoms with E-state index in [-0.39, 0.29) is 11.2 Å². The largest absolute Gasteiger partial charge is 0.466 e. The van der Waals surface area contributed by atoms with Crippen molar-refractivity contribution in [3.8, 4) is 0 Å². The molecule has 0 radical (unpaired) electrons. The van der Waals surface area contributed by atoms with Crippen LogP contribution in [0.25, 0.3) is 0 Å². The van der Waals surface area contributed by atoms with Gasteiger partial charge >= 0.3 is 5.97 Å². The molecule has 1 saturated carbocycles. The minimum atomic E-state index is -3.27. The fraction of sp³-hybridized carbons (Fsp3) is 0.611. The first-order valence-electron chi connectivity index (χ1n) is 8.71. The van der Waals surface area contributed by atoms with Gasteiger partial charge in [0, 0.05) is 17.7 Å². The summed E-state index contributed by atoms with van der Waals surface area (Å²) in [5.41, 5.74) is 0.784. The maximum absolute atomic E-state index is 12.5. The van der Waals surface area contributed by atoms with Crippen molar-refractivity contribution >= 4 is 31.7 Å². The summed E-state index contributed by atoms with van der Waals surface area (Å²) in [5.74, 6) is -0.345. The van der Waals surface area contributed by atoms with Crippen molar-refractivity contribution in [3.05, 3.63) is 28.2 Å². The third kappa shape index (κ3) is 4.26. The Balaban J connectivity index is 1.87. The van der Waals surface area contributed by atoms with Gasteiger partial charge in [0.2, 0.25) is 0 Å². The Morgan fingerprint density at radius 1 is 1.36 bits per heavy atom. The summed E-state index contributed by atoms with van der Waals surface area (Å²) in [6.07, 6.45) is 3.04. The van der Waals surface area contributed by atoms with Gasteiger partial charge in [-0.3, -0.25) is 4.79 Å². The van der Waals surface area contributed by atoms with Crippen LogP contribution in [0.15, 0.2) is 27.6 Å². The molecule has 0 aromatic heterocycles. The first kappa shape index (κ1) is 18.9. The van der Waals surface area contributed by atoms with Crippen LogP contribution in [0.5, 0.6) is 0 Å². The topological polar surface area (TPSA) is 69.7 Å². The summed E-state index contributed by atoms with van der Waals surface area (Å²) >= 11 is 3.39. The van der Waals surface area contributed by atoms with Gasteiger partial charge < -0.3 is 9.47 Å². The number of benzene rings is 1. The van der Waals surface area contributed by atoms with E-state index in [0.29, 0.717) is 34.9 Å². The predicted molar refractivity (Wildman–Crippen MR) is 97.3 cm³/mol. The van der Waals surface area contributed by atoms with Crippen molar-refractivity contribution in [2.45, 2.75) is 48.7 Å². The summed E-state index contributed by atoms with van der Waals surface area (Å²) in [4.78, 5) is 12.8. The minimum absolute atomic E-state index is 0.258. The van der Waals surface area contributed by atoms with Crippen LogP contribution in [-0.4, -0.2) is 39.5 Å². The Morgan fingerprint density at radius 2 is 2.12 bits per heavy atom. The van der Waals surface area contributed by atoms with E-state index in [1.165, 1.54) is 0 Å². The molecule has 1 heterocycles. The minimum Gasteiger partial charge on any atom is -0.466 e. The number of carbonyl (C=O) groups excluding carboxylic acids is 1. The van der Waals surface area contributed by atoms with Crippen molar-refractivity contribution in [1.82, 2.24) is 0 Å². The number of halogens is 1. The van der Waals surface area contributed by atoms with Crippen molar-refractivity contribution in [2.24, 2.45) is 5.92 Å². The smallest absolute Gasteiger partial charge is 0.313 e. The molecule has 5 nitrogen and oxygen atoms in total. The standard InChI is InChI=1S/C18H23BrO5S/c1-2-24-18(20)15(9-12-7-8-23-11-12)13-3-6-17(16(19)10-13)25(21,22)14-4-5-14/h3,6,10,12,14-15H,2,4-5,7-9,11H2,1H3. The third-order valence-corrected chi connectivity index (χ3v) is 8.03. The van der Waals surface area contributed by atoms with Gasteiger partial charge in [0.25, 0.3) is 0 Å². The average Bonchev–Trinajstić information content (AvgIpc) is 3.31. The molecule has 2 fully saturated rings. The molecular formula is C18H23BrO5S. The number of ether oxygens (including phenoxy) is 2. The zero-order valence-electron chi connectivity index (χ0n) is 14.2. The number of carbonyl (C=O) groups is 1. The molecule has 1 aromatic carbocycles. The molecule has 7 heteroatoms. The van der Waals surface area contributed by atoms with E-state index in [9.17, 15) is 13.2 Å². The zero-order chi connectivity index (χ0) is 18.0. The highest BCUT2D eigenvalue weighted by molar-refractivity contribution is 9.10. The van der Waals surface area contributed by atoms with Crippen molar-refractivity contribution in [2.75, 3.05) is 19.8 Å². The molecule has 1 saturated heterocycles. The zero-order valence-corrected chi connectivity index (χ0v) is 16.6. The maximum atomic E-state index is 12.5. The van der Waals surface area contributed by atoms with Crippen LogP contribution in [0.3, 0.4) is 0 Å². The van der Waals surface area contributed by atoms with Crippen LogP contribution in [0.1, 0.15) is 44.1 Å². The number of hydrogen-bond donors (Lipinski definition) is 0. The lowest BCUT2D eigenvalue weighted by Gasteiger charge is -2.20. The van der Waals surface area contributed by atoms with E-state index in [1.807, 2.05) is 0 Å². The summed E-state index contributed by atoms with van der Waals surface area (Å²) in [6, 6.07) is 5.12. The highest BCUT2D eigenvalue weighted by atomic mass is 79.9. The van der Waals surface area contributed by atoms with Gasteiger partial charge in [0.05, 0.1) is 22.7 Å². The Hall–Kier alpha value is -0.920. The molecule has 138 valence electrons. The molecule has 0 N–H and O–H groups in total. The van der Waals surface area contributed by atoms with Gasteiger partial charge in [-0.1, -0.05) is 6.07 Å². The first-order valence-corrected chi connectivity index (χ1v) is 11.0. The molecule has 0 bridgehead atoms. The summed E-state index contributed by atoms with van der Waals surface area (Å²) in [6.45, 7) is 3.49. The summed E-state index contributed by atoms with van der Waals surface area (Å²) in [7, 11) is -3.27. The van der Waals surface area contributed by atoms with E-state index >= 15 is 0 Å². The van der Waals surface area contributed by atoms with E-state index in [1.54, 1.807) is 25.1 Å². The molecule has 1 aliphatic carbocycles. The second-order valence-electron chi connectivity index (χ2n) is 6.70. The summed E-state index contributed by atoms with van der Waals surface area (Å²) < 4.78 is 36.1. The lowest BCUT2D eigenvalue weighted by atomic mass is 9.88. The van der Waals surface area contributed by atoms with Gasteiger partial charge in [-0.15, -0.1) is 0 Å². The van der Waals surface area contributed by atoms with Crippen molar-refractivity contribution in [1.29, 1.82) is 0 Å². The highest BCUT2D eigenvalue weighted by Gasteiger charge is 2.38. The Kier molecular flexibility index (Phi) is 5.85. The van der Waals surface area contributed by atoms with Crippen LogP contribution < -0.4 is 0 Å². The number of hydrogen-bond acceptors (Lipinski definition) is 5. The number of sulfone groups is 1. The van der Waals surface area contributed by atoms with E-state index < -0.39 is 15.8 Å². The van der Waals surface area contributed by atoms with Gasteiger partial charge in [0.1, 0.15) is 0 Å². The molecule has 25 heavy (non-hydrogen) atoms. The Morgan fingerprint density at radius 3 is 2.68 bits per heavy atom. The second-order valence-corrected chi connectivity index (χ2v) is 9.76. The van der Waals surface area contributed by atoms with Gasteiger partial charge in [-0.05, 0) is 72.2 Å². The molecular weight excluding hydrogens is 408 g/mol. The SMILES string of the molecule is CCOC(=O)C(CC1CCOC1)c1ccc(S(=O)(=O)C2CC2)c(Br)c1. The molecule has 0 amide bonds. The van der Waals surface area contributed by atoms with Crippen LogP contribution in [0.4, 0.5) is 0 Å². The van der Waals surface area contributed by atoms with Gasteiger partial charge in [0.15, 0.2) is 9.84 Å². The van der Waals surface area contributed by atoms with Crippen LogP contribution in [0.2, 0.25) is 0 Å². The monoisotopic (exact) mass is 430 g/mol. The first-order chi connectivity index (χ1) is 11.9. The van der Waals surface area contributed by atoms with E-state index in [2.05, 4.69) is 15.9 Å². The van der Waals surface area contributed by atoms with Gasteiger partial charge in [-0.25, -0.2) is 8.42 Å².